The zero-order valence-electron chi connectivity index (χ0n) is 9.18. The van der Waals surface area contributed by atoms with Crippen molar-refractivity contribution in [3.05, 3.63) is 32.7 Å². The molecule has 0 aliphatic heterocycles. The number of halogens is 2. The van der Waals surface area contributed by atoms with E-state index in [0.29, 0.717) is 12.1 Å². The van der Waals surface area contributed by atoms with E-state index in [1.807, 2.05) is 26.0 Å². The summed E-state index contributed by atoms with van der Waals surface area (Å²) in [4.78, 5) is 11.8. The van der Waals surface area contributed by atoms with Crippen molar-refractivity contribution in [2.24, 2.45) is 5.73 Å². The maximum absolute atomic E-state index is 11.8. The number of benzene rings is 1. The SMILES string of the molecule is CC(C)(N)CNC(=O)c1ccc(Br)cc1Br. The zero-order chi connectivity index (χ0) is 12.3. The van der Waals surface area contributed by atoms with Crippen LogP contribution in [0.3, 0.4) is 0 Å². The predicted octanol–water partition coefficient (Wildman–Crippen LogP) is 2.68. The molecule has 0 heterocycles. The van der Waals surface area contributed by atoms with E-state index in [-0.39, 0.29) is 5.91 Å². The standard InChI is InChI=1S/C11H14Br2N2O/c1-11(2,14)6-15-10(16)8-4-3-7(12)5-9(8)13/h3-5H,6,14H2,1-2H3,(H,15,16). The molecule has 0 saturated carbocycles. The first-order valence-electron chi connectivity index (χ1n) is 4.82. The molecule has 1 rings (SSSR count). The van der Waals surface area contributed by atoms with E-state index in [1.165, 1.54) is 0 Å². The first kappa shape index (κ1) is 13.7. The van der Waals surface area contributed by atoms with E-state index >= 15 is 0 Å². The lowest BCUT2D eigenvalue weighted by atomic mass is 10.1. The molecule has 88 valence electrons. The highest BCUT2D eigenvalue weighted by Crippen LogP contribution is 2.21. The van der Waals surface area contributed by atoms with Gasteiger partial charge in [-0.1, -0.05) is 15.9 Å². The van der Waals surface area contributed by atoms with Crippen molar-refractivity contribution in [2.75, 3.05) is 6.54 Å². The van der Waals surface area contributed by atoms with Gasteiger partial charge in [0.05, 0.1) is 5.56 Å². The smallest absolute Gasteiger partial charge is 0.252 e. The van der Waals surface area contributed by atoms with Gasteiger partial charge in [-0.15, -0.1) is 0 Å². The lowest BCUT2D eigenvalue weighted by Crippen LogP contribution is -2.45. The number of carbonyl (C=O) groups excluding carboxylic acids is 1. The minimum atomic E-state index is -0.405. The Labute approximate surface area is 112 Å². The van der Waals surface area contributed by atoms with E-state index in [1.54, 1.807) is 6.07 Å². The lowest BCUT2D eigenvalue weighted by Gasteiger charge is -2.19. The molecule has 3 nitrogen and oxygen atoms in total. The number of nitrogens with two attached hydrogens (primary N) is 1. The lowest BCUT2D eigenvalue weighted by molar-refractivity contribution is 0.0945. The molecule has 0 aliphatic rings. The van der Waals surface area contributed by atoms with E-state index in [9.17, 15) is 4.79 Å². The fourth-order valence-corrected chi connectivity index (χ4v) is 2.30. The van der Waals surface area contributed by atoms with Crippen molar-refractivity contribution in [3.8, 4) is 0 Å². The highest BCUT2D eigenvalue weighted by molar-refractivity contribution is 9.11. The fourth-order valence-electron chi connectivity index (χ4n) is 1.08. The summed E-state index contributed by atoms with van der Waals surface area (Å²) < 4.78 is 1.68. The van der Waals surface area contributed by atoms with Crippen LogP contribution in [-0.4, -0.2) is 18.0 Å². The van der Waals surface area contributed by atoms with Crippen molar-refractivity contribution in [1.82, 2.24) is 5.32 Å². The molecule has 0 saturated heterocycles. The topological polar surface area (TPSA) is 55.1 Å². The Hall–Kier alpha value is -0.390. The maximum atomic E-state index is 11.8. The summed E-state index contributed by atoms with van der Waals surface area (Å²) in [5.41, 5.74) is 5.99. The summed E-state index contributed by atoms with van der Waals surface area (Å²) in [5, 5.41) is 2.79. The summed E-state index contributed by atoms with van der Waals surface area (Å²) >= 11 is 6.68. The second-order valence-electron chi connectivity index (χ2n) is 4.30. The van der Waals surface area contributed by atoms with Gasteiger partial charge < -0.3 is 11.1 Å². The van der Waals surface area contributed by atoms with Crippen LogP contribution in [0.25, 0.3) is 0 Å². The maximum Gasteiger partial charge on any atom is 0.252 e. The average molecular weight is 350 g/mol. The van der Waals surface area contributed by atoms with Gasteiger partial charge in [-0.3, -0.25) is 4.79 Å². The quantitative estimate of drug-likeness (QED) is 0.881. The van der Waals surface area contributed by atoms with Gasteiger partial charge in [-0.25, -0.2) is 0 Å². The van der Waals surface area contributed by atoms with Crippen LogP contribution in [0, 0.1) is 0 Å². The molecule has 0 spiro atoms. The molecular formula is C11H14Br2N2O. The Balaban J connectivity index is 2.74. The van der Waals surface area contributed by atoms with Crippen LogP contribution in [0.4, 0.5) is 0 Å². The number of carbonyl (C=O) groups is 1. The van der Waals surface area contributed by atoms with Gasteiger partial charge in [-0.05, 0) is 48.0 Å². The summed E-state index contributed by atoms with van der Waals surface area (Å²) in [6.07, 6.45) is 0. The van der Waals surface area contributed by atoms with Crippen LogP contribution in [-0.2, 0) is 0 Å². The Bertz CT molecular complexity index is 399. The van der Waals surface area contributed by atoms with Crippen LogP contribution in [0.2, 0.25) is 0 Å². The first-order valence-corrected chi connectivity index (χ1v) is 6.40. The molecule has 16 heavy (non-hydrogen) atoms. The molecule has 0 atom stereocenters. The molecule has 0 fully saturated rings. The minimum absolute atomic E-state index is 0.127. The van der Waals surface area contributed by atoms with Crippen LogP contribution in [0.5, 0.6) is 0 Å². The highest BCUT2D eigenvalue weighted by Gasteiger charge is 2.15. The third kappa shape index (κ3) is 4.23. The van der Waals surface area contributed by atoms with Gasteiger partial charge >= 0.3 is 0 Å². The molecule has 0 unspecified atom stereocenters. The van der Waals surface area contributed by atoms with Gasteiger partial charge in [0.25, 0.3) is 5.91 Å². The van der Waals surface area contributed by atoms with Crippen LogP contribution < -0.4 is 11.1 Å². The van der Waals surface area contributed by atoms with E-state index in [0.717, 1.165) is 8.95 Å². The molecule has 1 aromatic rings. The summed E-state index contributed by atoms with van der Waals surface area (Å²) in [6, 6.07) is 5.42. The van der Waals surface area contributed by atoms with Gasteiger partial charge in [-0.2, -0.15) is 0 Å². The van der Waals surface area contributed by atoms with Gasteiger partial charge in [0.15, 0.2) is 0 Å². The Morgan fingerprint density at radius 2 is 2.06 bits per heavy atom. The predicted molar refractivity (Wildman–Crippen MR) is 72.4 cm³/mol. The van der Waals surface area contributed by atoms with Crippen molar-refractivity contribution in [3.63, 3.8) is 0 Å². The minimum Gasteiger partial charge on any atom is -0.350 e. The van der Waals surface area contributed by atoms with Crippen LogP contribution in [0.15, 0.2) is 27.1 Å². The molecule has 3 N–H and O–H groups in total. The molecule has 0 bridgehead atoms. The highest BCUT2D eigenvalue weighted by atomic mass is 79.9. The number of nitrogens with one attached hydrogen (secondary N) is 1. The second-order valence-corrected chi connectivity index (χ2v) is 6.07. The first-order chi connectivity index (χ1) is 7.29. The van der Waals surface area contributed by atoms with Crippen molar-refractivity contribution < 1.29 is 4.79 Å². The van der Waals surface area contributed by atoms with Crippen molar-refractivity contribution in [1.29, 1.82) is 0 Å². The Morgan fingerprint density at radius 3 is 2.56 bits per heavy atom. The van der Waals surface area contributed by atoms with E-state index < -0.39 is 5.54 Å². The Kier molecular flexibility index (Phi) is 4.52. The molecule has 1 aromatic carbocycles. The van der Waals surface area contributed by atoms with Crippen molar-refractivity contribution >= 4 is 37.8 Å². The molecule has 1 amide bonds. The molecule has 0 radical (unpaired) electrons. The van der Waals surface area contributed by atoms with Gasteiger partial charge in [0.2, 0.25) is 0 Å². The molecule has 0 aromatic heterocycles. The number of amides is 1. The third-order valence-corrected chi connectivity index (χ3v) is 3.03. The summed E-state index contributed by atoms with van der Waals surface area (Å²) in [6.45, 7) is 4.17. The third-order valence-electron chi connectivity index (χ3n) is 1.88. The number of rotatable bonds is 3. The van der Waals surface area contributed by atoms with Gasteiger partial charge in [0, 0.05) is 21.0 Å². The monoisotopic (exact) mass is 348 g/mol. The average Bonchev–Trinajstić information content (AvgIpc) is 2.13. The van der Waals surface area contributed by atoms with E-state index in [4.69, 9.17) is 5.73 Å². The van der Waals surface area contributed by atoms with Crippen molar-refractivity contribution in [2.45, 2.75) is 19.4 Å². The van der Waals surface area contributed by atoms with Gasteiger partial charge in [0.1, 0.15) is 0 Å². The zero-order valence-corrected chi connectivity index (χ0v) is 12.4. The van der Waals surface area contributed by atoms with E-state index in [2.05, 4.69) is 37.2 Å². The summed E-state index contributed by atoms with van der Waals surface area (Å²) in [7, 11) is 0. The van der Waals surface area contributed by atoms with Crippen LogP contribution in [0.1, 0.15) is 24.2 Å². The fraction of sp³-hybridized carbons (Fsp3) is 0.364. The van der Waals surface area contributed by atoms with Crippen LogP contribution >= 0.6 is 31.9 Å². The largest absolute Gasteiger partial charge is 0.350 e. The number of hydrogen-bond donors (Lipinski definition) is 2. The molecular weight excluding hydrogens is 336 g/mol. The Morgan fingerprint density at radius 1 is 1.44 bits per heavy atom. The number of hydrogen-bond acceptors (Lipinski definition) is 2. The second kappa shape index (κ2) is 5.29. The normalized spacial score (nSPS) is 11.3. The molecule has 5 heteroatoms. The molecule has 0 aliphatic carbocycles. The summed E-state index contributed by atoms with van der Waals surface area (Å²) in [5.74, 6) is -0.127.